The van der Waals surface area contributed by atoms with Gasteiger partial charge in [-0.2, -0.15) is 0 Å². The van der Waals surface area contributed by atoms with Crippen molar-refractivity contribution in [1.29, 1.82) is 0 Å². The lowest BCUT2D eigenvalue weighted by molar-refractivity contribution is 0.0600. The van der Waals surface area contributed by atoms with Gasteiger partial charge in [-0.15, -0.1) is 0 Å². The molecule has 5 aromatic rings. The number of carbonyl (C=O) groups is 2. The number of rotatable bonds is 12. The van der Waals surface area contributed by atoms with Crippen molar-refractivity contribution in [2.75, 3.05) is 54.1 Å². The fourth-order valence-electron chi connectivity index (χ4n) is 8.12. The van der Waals surface area contributed by atoms with Crippen molar-refractivity contribution in [2.45, 2.75) is 44.1 Å². The molecule has 2 saturated heterocycles. The molecule has 4 heterocycles. The van der Waals surface area contributed by atoms with Crippen LogP contribution in [0.5, 0.6) is 17.2 Å². The topological polar surface area (TPSA) is 99.0 Å². The Kier molecular flexibility index (Phi) is 10.5. The third kappa shape index (κ3) is 7.12. The first-order valence-corrected chi connectivity index (χ1v) is 18.2. The molecule has 52 heavy (non-hydrogen) atoms. The van der Waals surface area contributed by atoms with Gasteiger partial charge >= 0.3 is 0 Å². The highest BCUT2D eigenvalue weighted by molar-refractivity contribution is 5.98. The first-order chi connectivity index (χ1) is 25.4. The number of likely N-dealkylation sites (tertiary alicyclic amines) is 2. The molecule has 0 spiro atoms. The van der Waals surface area contributed by atoms with E-state index in [9.17, 15) is 9.59 Å². The maximum Gasteiger partial charge on any atom is 0.254 e. The van der Waals surface area contributed by atoms with Gasteiger partial charge in [-0.25, -0.2) is 4.98 Å². The lowest BCUT2D eigenvalue weighted by Crippen LogP contribution is -2.50. The third-order valence-corrected chi connectivity index (χ3v) is 10.9. The van der Waals surface area contributed by atoms with Crippen LogP contribution in [-0.2, 0) is 12.0 Å². The molecule has 0 saturated carbocycles. The number of amides is 1. The normalized spacial score (nSPS) is 18.3. The predicted octanol–water partition coefficient (Wildman–Crippen LogP) is 6.66. The molecule has 10 nitrogen and oxygen atoms in total. The van der Waals surface area contributed by atoms with Crippen LogP contribution in [0.15, 0.2) is 91.1 Å². The predicted molar refractivity (Wildman–Crippen MR) is 201 cm³/mol. The molecule has 1 amide bonds. The average Bonchev–Trinajstić information content (AvgIpc) is 3.57. The number of ether oxygens (including phenoxy) is 3. The number of para-hydroxylation sites is 2. The molecule has 0 N–H and O–H groups in total. The third-order valence-electron chi connectivity index (χ3n) is 10.9. The van der Waals surface area contributed by atoms with Crippen LogP contribution in [0.1, 0.15) is 64.3 Å². The van der Waals surface area contributed by atoms with Crippen molar-refractivity contribution in [3.05, 3.63) is 114 Å². The Morgan fingerprint density at radius 2 is 1.56 bits per heavy atom. The highest BCUT2D eigenvalue weighted by Crippen LogP contribution is 2.41. The first-order valence-electron chi connectivity index (χ1n) is 18.2. The molecule has 1 atom stereocenters. The van der Waals surface area contributed by atoms with Crippen LogP contribution in [0.4, 0.5) is 0 Å². The first kappa shape index (κ1) is 35.2. The van der Waals surface area contributed by atoms with Gasteiger partial charge in [0.1, 0.15) is 0 Å². The summed E-state index contributed by atoms with van der Waals surface area (Å²) >= 11 is 0. The van der Waals surface area contributed by atoms with E-state index < -0.39 is 0 Å². The molecule has 2 aromatic heterocycles. The smallest absolute Gasteiger partial charge is 0.254 e. The minimum Gasteiger partial charge on any atom is -0.493 e. The molecule has 2 aliphatic rings. The second kappa shape index (κ2) is 15.6. The standard InChI is InChI=1S/C42H47N5O5/c1-50-36-26-31(27-37(51-2)39(36)52-3)41(49)46-22-11-19-42(29-46,32-12-5-4-6-13-32)20-25-45-23-17-30(18-24-45)38(48)40-44-34-15-7-8-16-35(34)47(40)28-33-14-9-10-21-43-33/h4-10,12-16,21,26-27,30H,11,17-20,22-25,28-29H2,1-3H3. The van der Waals surface area contributed by atoms with E-state index >= 15 is 0 Å². The van der Waals surface area contributed by atoms with Crippen molar-refractivity contribution >= 4 is 22.7 Å². The number of hydrogen-bond donors (Lipinski definition) is 0. The van der Waals surface area contributed by atoms with Crippen LogP contribution in [0.2, 0.25) is 0 Å². The van der Waals surface area contributed by atoms with Crippen molar-refractivity contribution < 1.29 is 23.8 Å². The van der Waals surface area contributed by atoms with Crippen molar-refractivity contribution in [3.63, 3.8) is 0 Å². The van der Waals surface area contributed by atoms with Gasteiger partial charge in [0.15, 0.2) is 17.3 Å². The Balaban J connectivity index is 1.05. The van der Waals surface area contributed by atoms with Crippen LogP contribution in [0.25, 0.3) is 11.0 Å². The van der Waals surface area contributed by atoms with Crippen LogP contribution >= 0.6 is 0 Å². The molecule has 2 fully saturated rings. The number of benzene rings is 3. The number of ketones is 1. The summed E-state index contributed by atoms with van der Waals surface area (Å²) in [5, 5.41) is 0. The van der Waals surface area contributed by atoms with Gasteiger partial charge in [-0.05, 0) is 93.7 Å². The average molecular weight is 702 g/mol. The summed E-state index contributed by atoms with van der Waals surface area (Å²) in [5.41, 5.74) is 4.25. The van der Waals surface area contributed by atoms with Gasteiger partial charge in [0.2, 0.25) is 11.5 Å². The second-order valence-corrected chi connectivity index (χ2v) is 14.0. The fraction of sp³-hybridized carbons (Fsp3) is 0.381. The largest absolute Gasteiger partial charge is 0.493 e. The van der Waals surface area contributed by atoms with Gasteiger partial charge in [-0.3, -0.25) is 14.6 Å². The molecule has 3 aromatic carbocycles. The summed E-state index contributed by atoms with van der Waals surface area (Å²) in [6.45, 7) is 4.38. The number of nitrogens with zero attached hydrogens (tertiary/aromatic N) is 5. The summed E-state index contributed by atoms with van der Waals surface area (Å²) in [5.74, 6) is 1.89. The molecule has 7 rings (SSSR count). The number of piperidine rings is 2. The number of pyridine rings is 1. The Labute approximate surface area is 305 Å². The number of fused-ring (bicyclic) bond motifs is 1. The van der Waals surface area contributed by atoms with Crippen molar-refractivity contribution in [3.8, 4) is 17.2 Å². The molecule has 2 aliphatic heterocycles. The SMILES string of the molecule is COc1cc(C(=O)N2CCCC(CCN3CCC(C(=O)c4nc5ccccc5n4Cc4ccccn4)CC3)(c3ccccc3)C2)cc(OC)c1OC. The molecule has 270 valence electrons. The van der Waals surface area contributed by atoms with Crippen LogP contribution in [0.3, 0.4) is 0 Å². The Morgan fingerprint density at radius 3 is 2.25 bits per heavy atom. The molecule has 1 unspecified atom stereocenters. The van der Waals surface area contributed by atoms with Gasteiger partial charge in [0, 0.05) is 36.2 Å². The van der Waals surface area contributed by atoms with Gasteiger partial charge in [0.25, 0.3) is 5.91 Å². The number of aromatic nitrogens is 3. The number of carbonyl (C=O) groups excluding carboxylic acids is 2. The number of Topliss-reactive ketones (excluding diaryl/α,β-unsaturated/α-hetero) is 1. The maximum atomic E-state index is 14.1. The van der Waals surface area contributed by atoms with E-state index in [1.807, 2.05) is 58.0 Å². The van der Waals surface area contributed by atoms with E-state index in [2.05, 4.69) is 34.1 Å². The zero-order chi connectivity index (χ0) is 36.1. The summed E-state index contributed by atoms with van der Waals surface area (Å²) in [4.78, 5) is 42.0. The molecule has 0 aliphatic carbocycles. The minimum absolute atomic E-state index is 0.0485. The Morgan fingerprint density at radius 1 is 0.846 bits per heavy atom. The molecule has 0 radical (unpaired) electrons. The molecular formula is C42H47N5O5. The zero-order valence-electron chi connectivity index (χ0n) is 30.3. The second-order valence-electron chi connectivity index (χ2n) is 14.0. The lowest BCUT2D eigenvalue weighted by Gasteiger charge is -2.45. The number of methoxy groups -OCH3 is 3. The summed E-state index contributed by atoms with van der Waals surface area (Å²) < 4.78 is 18.6. The highest BCUT2D eigenvalue weighted by Gasteiger charge is 2.40. The van der Waals surface area contributed by atoms with Gasteiger partial charge in [0.05, 0.1) is 44.6 Å². The highest BCUT2D eigenvalue weighted by atomic mass is 16.5. The Bertz CT molecular complexity index is 1980. The number of imidazole rings is 1. The maximum absolute atomic E-state index is 14.1. The van der Waals surface area contributed by atoms with Crippen LogP contribution < -0.4 is 14.2 Å². The van der Waals surface area contributed by atoms with E-state index in [4.69, 9.17) is 19.2 Å². The van der Waals surface area contributed by atoms with Crippen molar-refractivity contribution in [1.82, 2.24) is 24.3 Å². The van der Waals surface area contributed by atoms with Gasteiger partial charge in [-0.1, -0.05) is 48.5 Å². The summed E-state index contributed by atoms with van der Waals surface area (Å²) in [6.07, 6.45) is 6.17. The van der Waals surface area contributed by atoms with Crippen LogP contribution in [-0.4, -0.2) is 90.1 Å². The van der Waals surface area contributed by atoms with Crippen LogP contribution in [0, 0.1) is 5.92 Å². The van der Waals surface area contributed by atoms with Crippen molar-refractivity contribution in [2.24, 2.45) is 5.92 Å². The Hall–Kier alpha value is -5.22. The minimum atomic E-state index is -0.196. The zero-order valence-corrected chi connectivity index (χ0v) is 30.3. The summed E-state index contributed by atoms with van der Waals surface area (Å²) in [7, 11) is 4.68. The number of hydrogen-bond acceptors (Lipinski definition) is 8. The van der Waals surface area contributed by atoms with E-state index in [1.54, 1.807) is 39.7 Å². The summed E-state index contributed by atoms with van der Waals surface area (Å²) in [6, 6.07) is 27.9. The van der Waals surface area contributed by atoms with Gasteiger partial charge < -0.3 is 28.6 Å². The van der Waals surface area contributed by atoms with E-state index in [-0.39, 0.29) is 23.0 Å². The lowest BCUT2D eigenvalue weighted by atomic mass is 9.71. The molecule has 0 bridgehead atoms. The molecular weight excluding hydrogens is 654 g/mol. The van der Waals surface area contributed by atoms with E-state index in [0.29, 0.717) is 48.3 Å². The molecule has 10 heteroatoms. The van der Waals surface area contributed by atoms with E-state index in [0.717, 1.165) is 68.5 Å². The monoisotopic (exact) mass is 701 g/mol. The quantitative estimate of drug-likeness (QED) is 0.133. The fourth-order valence-corrected chi connectivity index (χ4v) is 8.12. The van der Waals surface area contributed by atoms with E-state index in [1.165, 1.54) is 5.56 Å².